The van der Waals surface area contributed by atoms with Crippen molar-refractivity contribution in [1.29, 1.82) is 0 Å². The summed E-state index contributed by atoms with van der Waals surface area (Å²) in [5.41, 5.74) is 5.04. The molecule has 0 amide bonds. The molecule has 0 aromatic heterocycles. The van der Waals surface area contributed by atoms with E-state index in [0.29, 0.717) is 6.07 Å². The Morgan fingerprint density at radius 2 is 1.93 bits per heavy atom. The smallest absolute Gasteiger partial charge is 0.182 e. The zero-order valence-corrected chi connectivity index (χ0v) is 8.02. The molecular formula is C8H9F2NO2S. The second kappa shape index (κ2) is 4.02. The second-order valence-corrected chi connectivity index (χ2v) is 4.76. The molecule has 0 heterocycles. The first-order valence-electron chi connectivity index (χ1n) is 3.85. The van der Waals surface area contributed by atoms with Gasteiger partial charge in [0, 0.05) is 6.54 Å². The minimum absolute atomic E-state index is 0.127. The fourth-order valence-corrected chi connectivity index (χ4v) is 2.17. The highest BCUT2D eigenvalue weighted by molar-refractivity contribution is 7.91. The molecule has 0 unspecified atom stereocenters. The van der Waals surface area contributed by atoms with Crippen molar-refractivity contribution in [2.75, 3.05) is 12.3 Å². The van der Waals surface area contributed by atoms with Gasteiger partial charge < -0.3 is 5.73 Å². The van der Waals surface area contributed by atoms with E-state index in [1.165, 1.54) is 0 Å². The van der Waals surface area contributed by atoms with Crippen LogP contribution in [-0.2, 0) is 9.84 Å². The molecule has 2 N–H and O–H groups in total. The van der Waals surface area contributed by atoms with Gasteiger partial charge in [0.15, 0.2) is 9.84 Å². The fourth-order valence-electron chi connectivity index (χ4n) is 0.981. The van der Waals surface area contributed by atoms with Crippen molar-refractivity contribution < 1.29 is 17.2 Å². The Hall–Kier alpha value is -1.01. The molecule has 0 saturated heterocycles. The first kappa shape index (κ1) is 11.1. The van der Waals surface area contributed by atoms with Gasteiger partial charge in [0.1, 0.15) is 16.5 Å². The standard InChI is InChI=1S/C8H9F2NO2S/c9-6-1-2-7(10)8(5-6)14(12,13)4-3-11/h1-2,5H,3-4,11H2. The molecule has 0 atom stereocenters. The Balaban J connectivity index is 3.25. The Kier molecular flexibility index (Phi) is 3.17. The number of halogens is 2. The van der Waals surface area contributed by atoms with Gasteiger partial charge >= 0.3 is 0 Å². The molecule has 0 bridgehead atoms. The van der Waals surface area contributed by atoms with Gasteiger partial charge in [0.05, 0.1) is 5.75 Å². The second-order valence-electron chi connectivity index (χ2n) is 2.68. The van der Waals surface area contributed by atoms with E-state index in [2.05, 4.69) is 0 Å². The normalized spacial score (nSPS) is 11.6. The molecule has 78 valence electrons. The maximum absolute atomic E-state index is 13.0. The summed E-state index contributed by atoms with van der Waals surface area (Å²) < 4.78 is 48.3. The van der Waals surface area contributed by atoms with Crippen LogP contribution in [-0.4, -0.2) is 20.7 Å². The van der Waals surface area contributed by atoms with E-state index in [-0.39, 0.29) is 6.54 Å². The molecule has 0 saturated carbocycles. The van der Waals surface area contributed by atoms with E-state index in [1.54, 1.807) is 0 Å². The minimum Gasteiger partial charge on any atom is -0.329 e. The van der Waals surface area contributed by atoms with E-state index in [4.69, 9.17) is 5.73 Å². The summed E-state index contributed by atoms with van der Waals surface area (Å²) in [5.74, 6) is -2.14. The molecule has 0 aliphatic rings. The number of benzene rings is 1. The van der Waals surface area contributed by atoms with E-state index in [0.717, 1.165) is 12.1 Å². The lowest BCUT2D eigenvalue weighted by Gasteiger charge is -2.03. The van der Waals surface area contributed by atoms with Crippen LogP contribution < -0.4 is 5.73 Å². The van der Waals surface area contributed by atoms with E-state index >= 15 is 0 Å². The van der Waals surface area contributed by atoms with Crippen LogP contribution >= 0.6 is 0 Å². The van der Waals surface area contributed by atoms with Crippen molar-refractivity contribution in [3.8, 4) is 0 Å². The Morgan fingerprint density at radius 1 is 1.29 bits per heavy atom. The van der Waals surface area contributed by atoms with Gasteiger partial charge in [-0.25, -0.2) is 17.2 Å². The molecular weight excluding hydrogens is 212 g/mol. The third-order valence-electron chi connectivity index (χ3n) is 1.61. The molecule has 1 rings (SSSR count). The molecule has 0 aliphatic heterocycles. The topological polar surface area (TPSA) is 60.2 Å². The van der Waals surface area contributed by atoms with Crippen molar-refractivity contribution in [2.45, 2.75) is 4.90 Å². The van der Waals surface area contributed by atoms with Gasteiger partial charge in [-0.15, -0.1) is 0 Å². The van der Waals surface area contributed by atoms with E-state index in [9.17, 15) is 17.2 Å². The van der Waals surface area contributed by atoms with Crippen molar-refractivity contribution >= 4 is 9.84 Å². The Morgan fingerprint density at radius 3 is 2.50 bits per heavy atom. The van der Waals surface area contributed by atoms with Crippen LogP contribution in [0.15, 0.2) is 23.1 Å². The first-order chi connectivity index (χ1) is 6.47. The van der Waals surface area contributed by atoms with Crippen LogP contribution in [0.5, 0.6) is 0 Å². The summed E-state index contributed by atoms with van der Waals surface area (Å²) >= 11 is 0. The molecule has 0 spiro atoms. The maximum Gasteiger partial charge on any atom is 0.182 e. The molecule has 6 heteroatoms. The number of nitrogens with two attached hydrogens (primary N) is 1. The summed E-state index contributed by atoms with van der Waals surface area (Å²) in [5, 5.41) is 0. The Labute approximate surface area is 80.5 Å². The number of hydrogen-bond donors (Lipinski definition) is 1. The van der Waals surface area contributed by atoms with Crippen LogP contribution in [0.4, 0.5) is 8.78 Å². The third-order valence-corrected chi connectivity index (χ3v) is 3.37. The SMILES string of the molecule is NCCS(=O)(=O)c1cc(F)ccc1F. The van der Waals surface area contributed by atoms with Crippen molar-refractivity contribution in [3.63, 3.8) is 0 Å². The van der Waals surface area contributed by atoms with Crippen LogP contribution in [0.25, 0.3) is 0 Å². The summed E-state index contributed by atoms with van der Waals surface area (Å²) in [6.45, 7) is -0.127. The lowest BCUT2D eigenvalue weighted by atomic mass is 10.3. The van der Waals surface area contributed by atoms with Gasteiger partial charge in [-0.05, 0) is 18.2 Å². The van der Waals surface area contributed by atoms with E-state index < -0.39 is 32.1 Å². The first-order valence-corrected chi connectivity index (χ1v) is 5.50. The van der Waals surface area contributed by atoms with Crippen LogP contribution in [0.3, 0.4) is 0 Å². The van der Waals surface area contributed by atoms with Crippen molar-refractivity contribution in [1.82, 2.24) is 0 Å². The Bertz CT molecular complexity index is 431. The molecule has 1 aromatic rings. The van der Waals surface area contributed by atoms with Crippen LogP contribution in [0.2, 0.25) is 0 Å². The largest absolute Gasteiger partial charge is 0.329 e. The average Bonchev–Trinajstić information content (AvgIpc) is 2.09. The average molecular weight is 221 g/mol. The van der Waals surface area contributed by atoms with Gasteiger partial charge in [-0.1, -0.05) is 0 Å². The van der Waals surface area contributed by atoms with Gasteiger partial charge in [-0.3, -0.25) is 0 Å². The lowest BCUT2D eigenvalue weighted by molar-refractivity contribution is 0.553. The summed E-state index contributed by atoms with van der Waals surface area (Å²) in [6, 6.07) is 2.29. The lowest BCUT2D eigenvalue weighted by Crippen LogP contribution is -2.17. The fraction of sp³-hybridized carbons (Fsp3) is 0.250. The van der Waals surface area contributed by atoms with Gasteiger partial charge in [0.2, 0.25) is 0 Å². The molecule has 14 heavy (non-hydrogen) atoms. The summed E-state index contributed by atoms with van der Waals surface area (Å²) in [6.07, 6.45) is 0. The number of sulfone groups is 1. The van der Waals surface area contributed by atoms with Crippen molar-refractivity contribution in [3.05, 3.63) is 29.8 Å². The summed E-state index contributed by atoms with van der Waals surface area (Å²) in [7, 11) is -3.80. The van der Waals surface area contributed by atoms with Gasteiger partial charge in [0.25, 0.3) is 0 Å². The quantitative estimate of drug-likeness (QED) is 0.817. The molecule has 3 nitrogen and oxygen atoms in total. The van der Waals surface area contributed by atoms with Crippen LogP contribution in [0, 0.1) is 11.6 Å². The molecule has 0 aliphatic carbocycles. The molecule has 0 radical (unpaired) electrons. The zero-order valence-electron chi connectivity index (χ0n) is 7.20. The predicted octanol–water partition coefficient (Wildman–Crippen LogP) is 0.697. The van der Waals surface area contributed by atoms with Crippen molar-refractivity contribution in [2.24, 2.45) is 5.73 Å². The summed E-state index contributed by atoms with van der Waals surface area (Å²) in [4.78, 5) is -0.636. The highest BCUT2D eigenvalue weighted by Crippen LogP contribution is 2.16. The van der Waals surface area contributed by atoms with Gasteiger partial charge in [-0.2, -0.15) is 0 Å². The van der Waals surface area contributed by atoms with Crippen LogP contribution in [0.1, 0.15) is 0 Å². The monoisotopic (exact) mass is 221 g/mol. The molecule has 1 aromatic carbocycles. The predicted molar refractivity (Wildman–Crippen MR) is 47.5 cm³/mol. The highest BCUT2D eigenvalue weighted by atomic mass is 32.2. The minimum atomic E-state index is -3.80. The number of rotatable bonds is 3. The number of hydrogen-bond acceptors (Lipinski definition) is 3. The highest BCUT2D eigenvalue weighted by Gasteiger charge is 2.18. The zero-order chi connectivity index (χ0) is 10.8. The maximum atomic E-state index is 13.0. The molecule has 0 fully saturated rings. The third kappa shape index (κ3) is 2.27. The van der Waals surface area contributed by atoms with E-state index in [1.807, 2.05) is 0 Å².